The van der Waals surface area contributed by atoms with Crippen molar-refractivity contribution in [1.82, 2.24) is 0 Å². The van der Waals surface area contributed by atoms with E-state index in [1.807, 2.05) is 6.92 Å². The first-order valence-electron chi connectivity index (χ1n) is 6.11. The highest BCUT2D eigenvalue weighted by Gasteiger charge is 2.65. The Morgan fingerprint density at radius 2 is 2.11 bits per heavy atom. The van der Waals surface area contributed by atoms with Gasteiger partial charge in [0.05, 0.1) is 13.0 Å². The molecule has 2 unspecified atom stereocenters. The van der Waals surface area contributed by atoms with Crippen LogP contribution in [0.25, 0.3) is 0 Å². The van der Waals surface area contributed by atoms with Gasteiger partial charge in [0.2, 0.25) is 0 Å². The first kappa shape index (κ1) is 13.4. The number of hydrogen-bond donors (Lipinski definition) is 2. The van der Waals surface area contributed by atoms with Crippen LogP contribution in [0.15, 0.2) is 18.2 Å². The quantitative estimate of drug-likeness (QED) is 0.845. The van der Waals surface area contributed by atoms with Crippen molar-refractivity contribution in [3.05, 3.63) is 29.3 Å². The molecule has 102 valence electrons. The van der Waals surface area contributed by atoms with Crippen LogP contribution in [0.1, 0.15) is 24.5 Å². The van der Waals surface area contributed by atoms with Gasteiger partial charge in [-0.05, 0) is 30.0 Å². The highest BCUT2D eigenvalue weighted by molar-refractivity contribution is 5.94. The molecule has 0 amide bonds. The lowest BCUT2D eigenvalue weighted by Gasteiger charge is -2.15. The average molecular weight is 264 g/mol. The number of rotatable bonds is 5. The van der Waals surface area contributed by atoms with Gasteiger partial charge in [-0.25, -0.2) is 0 Å². The van der Waals surface area contributed by atoms with Gasteiger partial charge in [0, 0.05) is 0 Å². The summed E-state index contributed by atoms with van der Waals surface area (Å²) in [6.07, 6.45) is 0.845. The molecule has 5 nitrogen and oxygen atoms in total. The number of aryl methyl sites for hydroxylation is 1. The number of ether oxygens (including phenoxy) is 1. The summed E-state index contributed by atoms with van der Waals surface area (Å²) in [5.41, 5.74) is 0.156. The van der Waals surface area contributed by atoms with Gasteiger partial charge in [-0.1, -0.05) is 19.1 Å². The topological polar surface area (TPSA) is 83.8 Å². The van der Waals surface area contributed by atoms with E-state index in [0.717, 1.165) is 5.56 Å². The predicted octanol–water partition coefficient (Wildman–Crippen LogP) is 1.68. The maximum absolute atomic E-state index is 11.5. The summed E-state index contributed by atoms with van der Waals surface area (Å²) in [5, 5.41) is 18.4. The second kappa shape index (κ2) is 4.57. The molecule has 0 saturated heterocycles. The van der Waals surface area contributed by atoms with Crippen LogP contribution in [0.4, 0.5) is 0 Å². The minimum atomic E-state index is -1.28. The van der Waals surface area contributed by atoms with Gasteiger partial charge in [-0.2, -0.15) is 0 Å². The van der Waals surface area contributed by atoms with Crippen molar-refractivity contribution < 1.29 is 24.5 Å². The Bertz CT molecular complexity index is 537. The Morgan fingerprint density at radius 3 is 2.53 bits per heavy atom. The third kappa shape index (κ3) is 1.95. The smallest absolute Gasteiger partial charge is 0.315 e. The van der Waals surface area contributed by atoms with E-state index in [2.05, 4.69) is 0 Å². The zero-order valence-corrected chi connectivity index (χ0v) is 10.8. The van der Waals surface area contributed by atoms with Gasteiger partial charge >= 0.3 is 11.9 Å². The summed E-state index contributed by atoms with van der Waals surface area (Å²) in [7, 11) is 1.55. The number of carbonyl (C=O) groups is 2. The molecule has 1 aliphatic carbocycles. The van der Waals surface area contributed by atoms with Crippen LogP contribution in [-0.4, -0.2) is 29.3 Å². The number of hydrogen-bond acceptors (Lipinski definition) is 3. The summed E-state index contributed by atoms with van der Waals surface area (Å²) in [6, 6.07) is 5.10. The summed E-state index contributed by atoms with van der Waals surface area (Å²) in [6.45, 7) is 1.94. The summed E-state index contributed by atoms with van der Waals surface area (Å²) >= 11 is 0. The normalized spacial score (nSPS) is 24.8. The molecule has 1 saturated carbocycles. The highest BCUT2D eigenvalue weighted by atomic mass is 16.5. The van der Waals surface area contributed by atoms with Crippen molar-refractivity contribution in [1.29, 1.82) is 0 Å². The molecule has 0 aliphatic heterocycles. The first-order valence-corrected chi connectivity index (χ1v) is 6.11. The Balaban J connectivity index is 2.46. The molecule has 1 aromatic carbocycles. The SMILES string of the molecule is CCc1cc(C2(C(=O)O)CC2C(=O)O)ccc1OC. The fourth-order valence-corrected chi connectivity index (χ4v) is 2.57. The molecular weight excluding hydrogens is 248 g/mol. The van der Waals surface area contributed by atoms with Gasteiger partial charge in [0.1, 0.15) is 11.2 Å². The molecule has 1 aromatic rings. The predicted molar refractivity (Wildman–Crippen MR) is 67.4 cm³/mol. The maximum atomic E-state index is 11.5. The molecule has 2 N–H and O–H groups in total. The van der Waals surface area contributed by atoms with E-state index in [1.165, 1.54) is 0 Å². The number of carboxylic acids is 2. The summed E-state index contributed by atoms with van der Waals surface area (Å²) in [5.74, 6) is -2.29. The first-order chi connectivity index (χ1) is 8.97. The summed E-state index contributed by atoms with van der Waals surface area (Å²) < 4.78 is 5.20. The molecule has 19 heavy (non-hydrogen) atoms. The number of benzene rings is 1. The van der Waals surface area contributed by atoms with Gasteiger partial charge < -0.3 is 14.9 Å². The van der Waals surface area contributed by atoms with E-state index >= 15 is 0 Å². The van der Waals surface area contributed by atoms with Crippen molar-refractivity contribution in [2.75, 3.05) is 7.11 Å². The Kier molecular flexibility index (Phi) is 3.22. The Hall–Kier alpha value is -2.04. The number of carboxylic acid groups (broad SMARTS) is 2. The van der Waals surface area contributed by atoms with Crippen molar-refractivity contribution in [3.8, 4) is 5.75 Å². The standard InChI is InChI=1S/C14H16O5/c1-3-8-6-9(4-5-11(8)19-2)14(13(17)18)7-10(14)12(15)16/h4-6,10H,3,7H2,1-2H3,(H,15,16)(H,17,18). The van der Waals surface area contributed by atoms with Gasteiger partial charge in [0.25, 0.3) is 0 Å². The van der Waals surface area contributed by atoms with E-state index in [0.29, 0.717) is 17.7 Å². The average Bonchev–Trinajstić information content (AvgIpc) is 3.15. The minimum absolute atomic E-state index is 0.146. The fraction of sp³-hybridized carbons (Fsp3) is 0.429. The number of methoxy groups -OCH3 is 1. The lowest BCUT2D eigenvalue weighted by molar-refractivity contribution is -0.145. The molecular formula is C14H16O5. The molecule has 0 heterocycles. The van der Waals surface area contributed by atoms with Gasteiger partial charge in [-0.3, -0.25) is 9.59 Å². The lowest BCUT2D eigenvalue weighted by atomic mass is 9.91. The zero-order valence-electron chi connectivity index (χ0n) is 10.8. The molecule has 0 aromatic heterocycles. The highest BCUT2D eigenvalue weighted by Crippen LogP contribution is 2.55. The largest absolute Gasteiger partial charge is 0.496 e. The van der Waals surface area contributed by atoms with Crippen molar-refractivity contribution in [2.24, 2.45) is 5.92 Å². The van der Waals surface area contributed by atoms with Crippen LogP contribution in [0.2, 0.25) is 0 Å². The molecule has 2 rings (SSSR count). The molecule has 0 radical (unpaired) electrons. The Labute approximate surface area is 110 Å². The second-order valence-electron chi connectivity index (χ2n) is 4.75. The Morgan fingerprint density at radius 1 is 1.42 bits per heavy atom. The van der Waals surface area contributed by atoms with Gasteiger partial charge in [0.15, 0.2) is 0 Å². The van der Waals surface area contributed by atoms with E-state index in [4.69, 9.17) is 9.84 Å². The molecule has 2 atom stereocenters. The van der Waals surface area contributed by atoms with Crippen LogP contribution in [-0.2, 0) is 21.4 Å². The molecule has 0 bridgehead atoms. The van der Waals surface area contributed by atoms with E-state index < -0.39 is 23.3 Å². The van der Waals surface area contributed by atoms with Crippen molar-refractivity contribution >= 4 is 11.9 Å². The monoisotopic (exact) mass is 264 g/mol. The molecule has 1 fully saturated rings. The zero-order chi connectivity index (χ0) is 14.2. The van der Waals surface area contributed by atoms with Crippen LogP contribution < -0.4 is 4.74 Å². The lowest BCUT2D eigenvalue weighted by Crippen LogP contribution is -2.25. The van der Waals surface area contributed by atoms with E-state index in [1.54, 1.807) is 25.3 Å². The second-order valence-corrected chi connectivity index (χ2v) is 4.75. The van der Waals surface area contributed by atoms with E-state index in [9.17, 15) is 14.7 Å². The summed E-state index contributed by atoms with van der Waals surface area (Å²) in [4.78, 5) is 22.5. The van der Waals surface area contributed by atoms with Crippen LogP contribution >= 0.6 is 0 Å². The van der Waals surface area contributed by atoms with Crippen molar-refractivity contribution in [2.45, 2.75) is 25.2 Å². The molecule has 5 heteroatoms. The molecule has 0 spiro atoms. The third-order valence-electron chi connectivity index (χ3n) is 3.82. The van der Waals surface area contributed by atoms with Crippen molar-refractivity contribution in [3.63, 3.8) is 0 Å². The number of aliphatic carboxylic acids is 2. The maximum Gasteiger partial charge on any atom is 0.315 e. The van der Waals surface area contributed by atoms with E-state index in [-0.39, 0.29) is 6.42 Å². The van der Waals surface area contributed by atoms with Crippen LogP contribution in [0, 0.1) is 5.92 Å². The van der Waals surface area contributed by atoms with Crippen LogP contribution in [0.5, 0.6) is 5.75 Å². The molecule has 1 aliphatic rings. The fourth-order valence-electron chi connectivity index (χ4n) is 2.57. The van der Waals surface area contributed by atoms with Crippen LogP contribution in [0.3, 0.4) is 0 Å². The third-order valence-corrected chi connectivity index (χ3v) is 3.82. The van der Waals surface area contributed by atoms with Gasteiger partial charge in [-0.15, -0.1) is 0 Å². The minimum Gasteiger partial charge on any atom is -0.496 e.